The van der Waals surface area contributed by atoms with E-state index in [1.54, 1.807) is 48.5 Å². The van der Waals surface area contributed by atoms with Crippen molar-refractivity contribution in [1.82, 2.24) is 10.2 Å². The molecule has 0 radical (unpaired) electrons. The van der Waals surface area contributed by atoms with Gasteiger partial charge in [-0.15, -0.1) is 10.2 Å². The first-order chi connectivity index (χ1) is 24.2. The van der Waals surface area contributed by atoms with Crippen LogP contribution in [0.1, 0.15) is 33.9 Å². The summed E-state index contributed by atoms with van der Waals surface area (Å²) in [5, 5.41) is 20.4. The van der Waals surface area contributed by atoms with E-state index in [4.69, 9.17) is 18.9 Å². The lowest BCUT2D eigenvalue weighted by atomic mass is 9.94. The molecular formula is C37H32FN3O7S2. The molecule has 1 aromatic heterocycles. The molecule has 10 nitrogen and oxygen atoms in total. The van der Waals surface area contributed by atoms with Crippen molar-refractivity contribution in [2.75, 3.05) is 26.2 Å². The molecule has 5 aromatic rings. The average Bonchev–Trinajstić information content (AvgIpc) is 3.71. The van der Waals surface area contributed by atoms with Gasteiger partial charge in [0.05, 0.1) is 32.9 Å². The highest BCUT2D eigenvalue weighted by atomic mass is 32.2. The first-order valence-electron chi connectivity index (χ1n) is 15.3. The molecule has 0 saturated carbocycles. The van der Waals surface area contributed by atoms with Gasteiger partial charge in [-0.1, -0.05) is 59.5 Å². The fourth-order valence-corrected chi connectivity index (χ4v) is 7.31. The SMILES string of the molecule is COc1cc(C2/C(=C(\O)c3ccc(OCc4ccccc4C)cc3)C(=O)C(=O)N2c2nnc(SCc3ccc(F)cc3)s2)cc(OC)c1OC. The summed E-state index contributed by atoms with van der Waals surface area (Å²) in [6, 6.07) is 22.7. The first-order valence-corrected chi connectivity index (χ1v) is 17.1. The fraction of sp³-hybridized carbons (Fsp3) is 0.189. The third-order valence-electron chi connectivity index (χ3n) is 8.11. The highest BCUT2D eigenvalue weighted by Gasteiger charge is 2.49. The molecule has 13 heteroatoms. The molecule has 1 saturated heterocycles. The van der Waals surface area contributed by atoms with Crippen LogP contribution in [0.25, 0.3) is 5.76 Å². The van der Waals surface area contributed by atoms with E-state index in [1.165, 1.54) is 50.1 Å². The number of carbonyl (C=O) groups excluding carboxylic acids is 2. The van der Waals surface area contributed by atoms with Crippen molar-refractivity contribution in [3.63, 3.8) is 0 Å². The molecule has 2 heterocycles. The Kier molecular flexibility index (Phi) is 10.3. The molecular weight excluding hydrogens is 682 g/mol. The van der Waals surface area contributed by atoms with Gasteiger partial charge in [0.25, 0.3) is 5.78 Å². The van der Waals surface area contributed by atoms with Gasteiger partial charge in [0, 0.05) is 11.3 Å². The summed E-state index contributed by atoms with van der Waals surface area (Å²) in [5.41, 5.74) is 3.56. The molecule has 0 aliphatic carbocycles. The Balaban J connectivity index is 1.37. The predicted octanol–water partition coefficient (Wildman–Crippen LogP) is 7.51. The maximum atomic E-state index is 13.8. The number of Topliss-reactive ketones (excluding diaryl/α,β-unsaturated/α-hetero) is 1. The fourth-order valence-electron chi connectivity index (χ4n) is 5.49. The number of amides is 1. The highest BCUT2D eigenvalue weighted by Crippen LogP contribution is 2.48. The number of ether oxygens (including phenoxy) is 4. The zero-order valence-corrected chi connectivity index (χ0v) is 29.1. The van der Waals surface area contributed by atoms with Crippen molar-refractivity contribution in [3.05, 3.63) is 124 Å². The molecule has 6 rings (SSSR count). The molecule has 256 valence electrons. The summed E-state index contributed by atoms with van der Waals surface area (Å²) in [4.78, 5) is 28.8. The zero-order valence-electron chi connectivity index (χ0n) is 27.5. The number of carbonyl (C=O) groups is 2. The van der Waals surface area contributed by atoms with Crippen LogP contribution in [-0.4, -0.2) is 48.3 Å². The number of hydrogen-bond acceptors (Lipinski definition) is 11. The molecule has 1 aliphatic heterocycles. The summed E-state index contributed by atoms with van der Waals surface area (Å²) < 4.78 is 36.5. The monoisotopic (exact) mass is 713 g/mol. The standard InChI is InChI=1S/C37H32FN3O7S2/c1-21-7-5-6-8-24(21)19-48-27-15-11-23(12-16-27)32(42)30-31(25-17-28(45-2)34(47-4)29(18-25)46-3)41(35(44)33(30)43)36-39-40-37(50-36)49-20-22-9-13-26(38)14-10-22/h5-18,31,42H,19-20H2,1-4H3/b32-30+. The van der Waals surface area contributed by atoms with Gasteiger partial charge >= 0.3 is 5.91 Å². The van der Waals surface area contributed by atoms with E-state index in [-0.39, 0.29) is 33.8 Å². The average molecular weight is 714 g/mol. The number of aromatic nitrogens is 2. The number of aliphatic hydroxyl groups is 1. The molecule has 0 bridgehead atoms. The Morgan fingerprint density at radius 2 is 1.60 bits per heavy atom. The minimum atomic E-state index is -1.14. The number of ketones is 1. The lowest BCUT2D eigenvalue weighted by molar-refractivity contribution is -0.132. The second-order valence-corrected chi connectivity index (χ2v) is 13.3. The highest BCUT2D eigenvalue weighted by molar-refractivity contribution is 8.00. The Hall–Kier alpha value is -5.40. The summed E-state index contributed by atoms with van der Waals surface area (Å²) in [7, 11) is 4.37. The third kappa shape index (κ3) is 7.00. The Bertz CT molecular complexity index is 2040. The number of anilines is 1. The lowest BCUT2D eigenvalue weighted by Crippen LogP contribution is -2.29. The van der Waals surface area contributed by atoms with Gasteiger partial charge in [0.1, 0.15) is 23.9 Å². The predicted molar refractivity (Wildman–Crippen MR) is 189 cm³/mol. The number of aliphatic hydroxyl groups excluding tert-OH is 1. The Morgan fingerprint density at radius 1 is 0.920 bits per heavy atom. The van der Waals surface area contributed by atoms with E-state index in [0.717, 1.165) is 28.0 Å². The van der Waals surface area contributed by atoms with Crippen molar-refractivity contribution in [3.8, 4) is 23.0 Å². The maximum Gasteiger partial charge on any atom is 0.301 e. The normalized spacial score (nSPS) is 15.3. The number of methoxy groups -OCH3 is 3. The molecule has 0 spiro atoms. The van der Waals surface area contributed by atoms with Crippen molar-refractivity contribution in [2.24, 2.45) is 0 Å². The Labute approximate surface area is 296 Å². The van der Waals surface area contributed by atoms with Crippen LogP contribution in [0.15, 0.2) is 94.8 Å². The van der Waals surface area contributed by atoms with E-state index in [0.29, 0.717) is 39.3 Å². The van der Waals surface area contributed by atoms with Crippen molar-refractivity contribution < 1.29 is 38.0 Å². The van der Waals surface area contributed by atoms with E-state index in [9.17, 15) is 19.1 Å². The smallest absolute Gasteiger partial charge is 0.301 e. The van der Waals surface area contributed by atoms with E-state index in [2.05, 4.69) is 10.2 Å². The molecule has 1 N–H and O–H groups in total. The van der Waals surface area contributed by atoms with Crippen molar-refractivity contribution >= 4 is 45.7 Å². The van der Waals surface area contributed by atoms with Gasteiger partial charge in [-0.05, 0) is 77.7 Å². The second-order valence-electron chi connectivity index (χ2n) is 11.1. The first kappa shape index (κ1) is 34.5. The summed E-state index contributed by atoms with van der Waals surface area (Å²) in [5.74, 6) is -0.586. The lowest BCUT2D eigenvalue weighted by Gasteiger charge is -2.24. The van der Waals surface area contributed by atoms with Gasteiger partial charge in [-0.3, -0.25) is 14.5 Å². The zero-order chi connectivity index (χ0) is 35.4. The Morgan fingerprint density at radius 3 is 2.24 bits per heavy atom. The van der Waals surface area contributed by atoms with Gasteiger partial charge in [0.2, 0.25) is 10.9 Å². The van der Waals surface area contributed by atoms with Crippen LogP contribution in [-0.2, 0) is 21.9 Å². The van der Waals surface area contributed by atoms with Crippen LogP contribution < -0.4 is 23.8 Å². The van der Waals surface area contributed by atoms with Crippen LogP contribution in [0.3, 0.4) is 0 Å². The molecule has 1 amide bonds. The largest absolute Gasteiger partial charge is 0.507 e. The van der Waals surface area contributed by atoms with Crippen molar-refractivity contribution in [2.45, 2.75) is 29.7 Å². The molecule has 4 aromatic carbocycles. The van der Waals surface area contributed by atoms with E-state index >= 15 is 0 Å². The van der Waals surface area contributed by atoms with Gasteiger partial charge in [-0.2, -0.15) is 0 Å². The number of nitrogens with zero attached hydrogens (tertiary/aromatic N) is 3. The minimum Gasteiger partial charge on any atom is -0.507 e. The maximum absolute atomic E-state index is 13.8. The van der Waals surface area contributed by atoms with Crippen LogP contribution in [0.5, 0.6) is 23.0 Å². The number of aryl methyl sites for hydroxylation is 1. The molecule has 1 fully saturated rings. The van der Waals surface area contributed by atoms with Gasteiger partial charge < -0.3 is 24.1 Å². The number of halogens is 1. The molecule has 1 unspecified atom stereocenters. The quantitative estimate of drug-likeness (QED) is 0.0457. The van der Waals surface area contributed by atoms with Crippen LogP contribution in [0, 0.1) is 12.7 Å². The number of rotatable bonds is 12. The van der Waals surface area contributed by atoms with E-state index < -0.39 is 17.7 Å². The number of hydrogen-bond donors (Lipinski definition) is 1. The van der Waals surface area contributed by atoms with Gasteiger partial charge in [0.15, 0.2) is 15.8 Å². The third-order valence-corrected chi connectivity index (χ3v) is 10.2. The minimum absolute atomic E-state index is 0.145. The van der Waals surface area contributed by atoms with Crippen molar-refractivity contribution in [1.29, 1.82) is 0 Å². The summed E-state index contributed by atoms with van der Waals surface area (Å²) in [6.45, 7) is 2.37. The summed E-state index contributed by atoms with van der Waals surface area (Å²) >= 11 is 2.47. The topological polar surface area (TPSA) is 120 Å². The van der Waals surface area contributed by atoms with E-state index in [1.807, 2.05) is 31.2 Å². The van der Waals surface area contributed by atoms with Gasteiger partial charge in [-0.25, -0.2) is 4.39 Å². The molecule has 1 atom stereocenters. The number of thioether (sulfide) groups is 1. The van der Waals surface area contributed by atoms with Crippen LogP contribution >= 0.6 is 23.1 Å². The van der Waals surface area contributed by atoms with Crippen LogP contribution in [0.2, 0.25) is 0 Å². The number of benzene rings is 4. The molecule has 1 aliphatic rings. The molecule has 50 heavy (non-hydrogen) atoms. The summed E-state index contributed by atoms with van der Waals surface area (Å²) in [6.07, 6.45) is 0. The van der Waals surface area contributed by atoms with Crippen LogP contribution in [0.4, 0.5) is 9.52 Å². The second kappa shape index (κ2) is 15.0.